The number of benzene rings is 1. The minimum Gasteiger partial charge on any atom is -0.326 e. The van der Waals surface area contributed by atoms with Crippen molar-refractivity contribution in [3.63, 3.8) is 0 Å². The van der Waals surface area contributed by atoms with Crippen molar-refractivity contribution in [1.82, 2.24) is 9.78 Å². The predicted octanol–water partition coefficient (Wildman–Crippen LogP) is 4.39. The number of aromatic nitrogens is 2. The highest BCUT2D eigenvalue weighted by Gasteiger charge is 2.17. The Morgan fingerprint density at radius 1 is 1.23 bits per heavy atom. The lowest BCUT2D eigenvalue weighted by Gasteiger charge is -2.14. The van der Waals surface area contributed by atoms with Crippen LogP contribution in [-0.4, -0.2) is 15.7 Å². The fourth-order valence-corrected chi connectivity index (χ4v) is 2.72. The van der Waals surface area contributed by atoms with Crippen LogP contribution in [-0.2, 0) is 11.3 Å². The molecule has 0 aliphatic heterocycles. The maximum absolute atomic E-state index is 12.3. The molecule has 1 heterocycles. The molecular formula is C16H19Cl2N3O. The van der Waals surface area contributed by atoms with Gasteiger partial charge in [0.1, 0.15) is 0 Å². The van der Waals surface area contributed by atoms with E-state index in [1.54, 1.807) is 18.2 Å². The highest BCUT2D eigenvalue weighted by molar-refractivity contribution is 6.35. The lowest BCUT2D eigenvalue weighted by Crippen LogP contribution is -2.25. The van der Waals surface area contributed by atoms with Gasteiger partial charge >= 0.3 is 0 Å². The summed E-state index contributed by atoms with van der Waals surface area (Å²) in [7, 11) is 0. The second-order valence-electron chi connectivity index (χ2n) is 5.53. The summed E-state index contributed by atoms with van der Waals surface area (Å²) < 4.78 is 1.87. The Labute approximate surface area is 140 Å². The quantitative estimate of drug-likeness (QED) is 0.897. The fourth-order valence-electron chi connectivity index (χ4n) is 2.20. The van der Waals surface area contributed by atoms with Gasteiger partial charge in [0.25, 0.3) is 0 Å². The number of aryl methyl sites for hydroxylation is 1. The molecule has 2 rings (SSSR count). The van der Waals surface area contributed by atoms with E-state index in [1.807, 2.05) is 32.4 Å². The van der Waals surface area contributed by atoms with Gasteiger partial charge < -0.3 is 5.32 Å². The van der Waals surface area contributed by atoms with Crippen LogP contribution in [0.25, 0.3) is 0 Å². The van der Waals surface area contributed by atoms with E-state index in [1.165, 1.54) is 0 Å². The molecule has 0 aliphatic carbocycles. The number of hydrogen-bond acceptors (Lipinski definition) is 2. The zero-order valence-electron chi connectivity index (χ0n) is 13.1. The lowest BCUT2D eigenvalue weighted by molar-refractivity contribution is -0.119. The van der Waals surface area contributed by atoms with E-state index >= 15 is 0 Å². The van der Waals surface area contributed by atoms with Crippen LogP contribution in [0.1, 0.15) is 23.9 Å². The molecule has 0 aliphatic rings. The number of nitrogens with zero attached hydrogens (tertiary/aromatic N) is 2. The molecule has 1 N–H and O–H groups in total. The van der Waals surface area contributed by atoms with E-state index in [0.29, 0.717) is 22.3 Å². The molecule has 6 heteroatoms. The van der Waals surface area contributed by atoms with Gasteiger partial charge in [0, 0.05) is 21.4 Å². The first kappa shape index (κ1) is 16.8. The van der Waals surface area contributed by atoms with Crippen LogP contribution in [0.2, 0.25) is 10.0 Å². The van der Waals surface area contributed by atoms with Gasteiger partial charge in [0.15, 0.2) is 0 Å². The number of anilines is 1. The Kier molecular flexibility index (Phi) is 5.14. The summed E-state index contributed by atoms with van der Waals surface area (Å²) in [6.45, 7) is 8.41. The van der Waals surface area contributed by atoms with Crippen molar-refractivity contribution in [2.75, 3.05) is 5.32 Å². The van der Waals surface area contributed by atoms with Gasteiger partial charge in [-0.1, -0.05) is 30.1 Å². The van der Waals surface area contributed by atoms with E-state index in [-0.39, 0.29) is 11.8 Å². The molecule has 4 nitrogen and oxygen atoms in total. The van der Waals surface area contributed by atoms with Crippen molar-refractivity contribution < 1.29 is 4.79 Å². The van der Waals surface area contributed by atoms with Crippen LogP contribution in [0.15, 0.2) is 18.2 Å². The van der Waals surface area contributed by atoms with Crippen LogP contribution < -0.4 is 5.32 Å². The predicted molar refractivity (Wildman–Crippen MR) is 90.7 cm³/mol. The fraction of sp³-hybridized carbons (Fsp3) is 0.375. The average Bonchev–Trinajstić information content (AvgIpc) is 2.65. The lowest BCUT2D eigenvalue weighted by atomic mass is 10.1. The third-order valence-corrected chi connectivity index (χ3v) is 4.20. The second kappa shape index (κ2) is 6.71. The number of amides is 1. The molecular weight excluding hydrogens is 321 g/mol. The van der Waals surface area contributed by atoms with Gasteiger partial charge in [-0.2, -0.15) is 5.10 Å². The van der Waals surface area contributed by atoms with Gasteiger partial charge in [-0.25, -0.2) is 0 Å². The summed E-state index contributed by atoms with van der Waals surface area (Å²) in [5.41, 5.74) is 3.84. The second-order valence-corrected chi connectivity index (χ2v) is 6.40. The van der Waals surface area contributed by atoms with Crippen LogP contribution in [0.4, 0.5) is 5.69 Å². The van der Waals surface area contributed by atoms with E-state index < -0.39 is 0 Å². The Hall–Kier alpha value is -1.52. The molecule has 1 aromatic heterocycles. The van der Waals surface area contributed by atoms with Crippen LogP contribution in [0.3, 0.4) is 0 Å². The first-order valence-electron chi connectivity index (χ1n) is 7.05. The molecule has 0 radical (unpaired) electrons. The van der Waals surface area contributed by atoms with Crippen molar-refractivity contribution in [1.29, 1.82) is 0 Å². The third kappa shape index (κ3) is 3.81. The molecule has 1 amide bonds. The number of carbonyl (C=O) groups is 1. The van der Waals surface area contributed by atoms with Crippen molar-refractivity contribution >= 4 is 34.8 Å². The largest absolute Gasteiger partial charge is 0.326 e. The zero-order valence-corrected chi connectivity index (χ0v) is 14.6. The molecule has 1 aromatic carbocycles. The minimum atomic E-state index is -0.227. The van der Waals surface area contributed by atoms with Gasteiger partial charge in [-0.15, -0.1) is 0 Å². The standard InChI is InChI=1S/C16H19Cl2N3O/c1-9(8-21-12(4)10(2)11(3)20-21)16(22)19-15-6-13(17)5-14(18)7-15/h5-7,9H,8H2,1-4H3,(H,19,22). The first-order valence-corrected chi connectivity index (χ1v) is 7.81. The summed E-state index contributed by atoms with van der Waals surface area (Å²) >= 11 is 11.9. The molecule has 1 atom stereocenters. The molecule has 0 fully saturated rings. The van der Waals surface area contributed by atoms with Crippen LogP contribution in [0.5, 0.6) is 0 Å². The first-order chi connectivity index (χ1) is 10.3. The van der Waals surface area contributed by atoms with E-state index in [9.17, 15) is 4.79 Å². The topological polar surface area (TPSA) is 46.9 Å². The summed E-state index contributed by atoms with van der Waals surface area (Å²) in [5.74, 6) is -0.321. The highest BCUT2D eigenvalue weighted by atomic mass is 35.5. The summed E-state index contributed by atoms with van der Waals surface area (Å²) in [6.07, 6.45) is 0. The molecule has 1 unspecified atom stereocenters. The van der Waals surface area contributed by atoms with Crippen molar-refractivity contribution in [3.05, 3.63) is 45.2 Å². The molecule has 0 saturated carbocycles. The maximum atomic E-state index is 12.3. The average molecular weight is 340 g/mol. The van der Waals surface area contributed by atoms with E-state index in [4.69, 9.17) is 23.2 Å². The highest BCUT2D eigenvalue weighted by Crippen LogP contribution is 2.23. The number of carbonyl (C=O) groups excluding carboxylic acids is 1. The summed E-state index contributed by atoms with van der Waals surface area (Å²) in [5, 5.41) is 8.28. The van der Waals surface area contributed by atoms with Crippen molar-refractivity contribution in [2.45, 2.75) is 34.2 Å². The van der Waals surface area contributed by atoms with Gasteiger partial charge in [0.05, 0.1) is 18.2 Å². The Balaban J connectivity index is 2.07. The van der Waals surface area contributed by atoms with Gasteiger partial charge in [-0.05, 0) is 44.5 Å². The van der Waals surface area contributed by atoms with Crippen molar-refractivity contribution in [3.8, 4) is 0 Å². The Bertz CT molecular complexity index is 689. The van der Waals surface area contributed by atoms with Crippen LogP contribution in [0, 0.1) is 26.7 Å². The molecule has 2 aromatic rings. The van der Waals surface area contributed by atoms with E-state index in [0.717, 1.165) is 17.0 Å². The number of rotatable bonds is 4. The number of nitrogens with one attached hydrogen (secondary N) is 1. The summed E-state index contributed by atoms with van der Waals surface area (Å²) in [6, 6.07) is 4.97. The monoisotopic (exact) mass is 339 g/mol. The van der Waals surface area contributed by atoms with Gasteiger partial charge in [0.2, 0.25) is 5.91 Å². The maximum Gasteiger partial charge on any atom is 0.229 e. The number of halogens is 2. The van der Waals surface area contributed by atoms with Gasteiger partial charge in [-0.3, -0.25) is 9.48 Å². The normalized spacial score (nSPS) is 12.3. The SMILES string of the molecule is Cc1nn(CC(C)C(=O)Nc2cc(Cl)cc(Cl)c2)c(C)c1C. The smallest absolute Gasteiger partial charge is 0.229 e. The molecule has 0 spiro atoms. The minimum absolute atomic E-state index is 0.0939. The molecule has 118 valence electrons. The Morgan fingerprint density at radius 2 is 1.82 bits per heavy atom. The zero-order chi connectivity index (χ0) is 16.4. The molecule has 22 heavy (non-hydrogen) atoms. The van der Waals surface area contributed by atoms with Crippen molar-refractivity contribution in [2.24, 2.45) is 5.92 Å². The van der Waals surface area contributed by atoms with Crippen LogP contribution >= 0.6 is 23.2 Å². The number of hydrogen-bond donors (Lipinski definition) is 1. The Morgan fingerprint density at radius 3 is 2.32 bits per heavy atom. The molecule has 0 saturated heterocycles. The third-order valence-electron chi connectivity index (χ3n) is 3.77. The van der Waals surface area contributed by atoms with E-state index in [2.05, 4.69) is 10.4 Å². The molecule has 0 bridgehead atoms. The summed E-state index contributed by atoms with van der Waals surface area (Å²) in [4.78, 5) is 12.3.